The minimum absolute atomic E-state index is 1.15. The van der Waals surface area contributed by atoms with E-state index in [1.807, 2.05) is 0 Å². The lowest BCUT2D eigenvalue weighted by molar-refractivity contribution is 1.18. The van der Waals surface area contributed by atoms with E-state index in [-0.39, 0.29) is 0 Å². The molecule has 0 amide bonds. The second kappa shape index (κ2) is 13.7. The second-order valence-corrected chi connectivity index (χ2v) is 14.9. The van der Waals surface area contributed by atoms with Crippen molar-refractivity contribution in [2.45, 2.75) is 0 Å². The van der Waals surface area contributed by atoms with Gasteiger partial charge in [-0.15, -0.1) is 0 Å². The van der Waals surface area contributed by atoms with Gasteiger partial charge in [0.25, 0.3) is 0 Å². The van der Waals surface area contributed by atoms with E-state index in [4.69, 9.17) is 0 Å². The molecule has 0 radical (unpaired) electrons. The molecule has 1 nitrogen and oxygen atoms in total. The van der Waals surface area contributed by atoms with Gasteiger partial charge in [-0.2, -0.15) is 0 Å². The van der Waals surface area contributed by atoms with Crippen LogP contribution in [0.5, 0.6) is 0 Å². The maximum absolute atomic E-state index is 2.41. The molecule has 0 saturated heterocycles. The molecule has 11 rings (SSSR count). The van der Waals surface area contributed by atoms with Gasteiger partial charge < -0.3 is 4.57 Å². The lowest BCUT2D eigenvalue weighted by Gasteiger charge is -2.18. The highest BCUT2D eigenvalue weighted by molar-refractivity contribution is 6.21. The molecule has 266 valence electrons. The first-order valence-electron chi connectivity index (χ1n) is 19.7. The summed E-state index contributed by atoms with van der Waals surface area (Å²) in [6.07, 6.45) is 0. The number of para-hydroxylation sites is 1. The summed E-state index contributed by atoms with van der Waals surface area (Å²) >= 11 is 0. The van der Waals surface area contributed by atoms with Crippen molar-refractivity contribution in [3.05, 3.63) is 224 Å². The van der Waals surface area contributed by atoms with E-state index in [9.17, 15) is 0 Å². The van der Waals surface area contributed by atoms with Crippen LogP contribution in [0, 0.1) is 0 Å². The predicted octanol–water partition coefficient (Wildman–Crippen LogP) is 15.4. The molecule has 0 fully saturated rings. The first-order valence-corrected chi connectivity index (χ1v) is 19.7. The van der Waals surface area contributed by atoms with Crippen LogP contribution in [-0.2, 0) is 0 Å². The van der Waals surface area contributed by atoms with Crippen molar-refractivity contribution in [1.29, 1.82) is 0 Å². The third-order valence-electron chi connectivity index (χ3n) is 11.6. The minimum atomic E-state index is 1.15. The molecular weight excluding hydrogens is 687 g/mol. The van der Waals surface area contributed by atoms with E-state index < -0.39 is 0 Å². The Morgan fingerprint density at radius 1 is 0.211 bits per heavy atom. The molecule has 11 aromatic rings. The van der Waals surface area contributed by atoms with Gasteiger partial charge in [-0.3, -0.25) is 0 Å². The Balaban J connectivity index is 0.992. The Bertz CT molecular complexity index is 3190. The minimum Gasteiger partial charge on any atom is -0.309 e. The largest absolute Gasteiger partial charge is 0.309 e. The Kier molecular flexibility index (Phi) is 7.89. The van der Waals surface area contributed by atoms with Crippen LogP contribution in [0.1, 0.15) is 0 Å². The molecule has 0 spiro atoms. The van der Waals surface area contributed by atoms with Crippen molar-refractivity contribution in [1.82, 2.24) is 4.57 Å². The molecule has 0 saturated carbocycles. The molecule has 0 atom stereocenters. The normalized spacial score (nSPS) is 11.5. The van der Waals surface area contributed by atoms with Crippen LogP contribution in [0.4, 0.5) is 0 Å². The Morgan fingerprint density at radius 2 is 0.579 bits per heavy atom. The zero-order valence-electron chi connectivity index (χ0n) is 31.3. The highest BCUT2D eigenvalue weighted by atomic mass is 15.0. The van der Waals surface area contributed by atoms with Crippen LogP contribution in [0.3, 0.4) is 0 Å². The third kappa shape index (κ3) is 5.63. The van der Waals surface area contributed by atoms with Crippen molar-refractivity contribution >= 4 is 43.4 Å². The first-order chi connectivity index (χ1) is 28.3. The summed E-state index contributed by atoms with van der Waals surface area (Å²) in [6, 6.07) is 81.8. The molecule has 1 heterocycles. The van der Waals surface area contributed by atoms with E-state index in [1.54, 1.807) is 0 Å². The van der Waals surface area contributed by atoms with E-state index in [1.165, 1.54) is 99.0 Å². The molecule has 0 aliphatic rings. The molecular formula is C56H37N. The van der Waals surface area contributed by atoms with E-state index in [0.717, 1.165) is 5.69 Å². The summed E-state index contributed by atoms with van der Waals surface area (Å²) in [7, 11) is 0. The Labute approximate surface area is 332 Å². The van der Waals surface area contributed by atoms with E-state index in [2.05, 4.69) is 229 Å². The maximum atomic E-state index is 2.41. The third-order valence-corrected chi connectivity index (χ3v) is 11.6. The predicted molar refractivity (Wildman–Crippen MR) is 243 cm³/mol. The molecule has 1 heteroatoms. The van der Waals surface area contributed by atoms with Gasteiger partial charge in [-0.1, -0.05) is 188 Å². The topological polar surface area (TPSA) is 4.93 Å². The molecule has 0 aliphatic carbocycles. The zero-order valence-corrected chi connectivity index (χ0v) is 31.3. The maximum Gasteiger partial charge on any atom is 0.0541 e. The van der Waals surface area contributed by atoms with Crippen LogP contribution in [0.25, 0.3) is 105 Å². The van der Waals surface area contributed by atoms with E-state index >= 15 is 0 Å². The second-order valence-electron chi connectivity index (χ2n) is 14.9. The van der Waals surface area contributed by atoms with Crippen LogP contribution in [-0.4, -0.2) is 4.57 Å². The molecule has 10 aromatic carbocycles. The lowest BCUT2D eigenvalue weighted by atomic mass is 9.86. The molecule has 0 bridgehead atoms. The monoisotopic (exact) mass is 723 g/mol. The molecule has 0 aliphatic heterocycles. The fraction of sp³-hybridized carbons (Fsp3) is 0. The van der Waals surface area contributed by atoms with Crippen LogP contribution < -0.4 is 0 Å². The van der Waals surface area contributed by atoms with Gasteiger partial charge in [0.15, 0.2) is 0 Å². The summed E-state index contributed by atoms with van der Waals surface area (Å²) in [5, 5.41) is 7.57. The standard InChI is InChI=1S/C56H37N/c1-3-14-38(15-4-1)39-26-28-40(29-27-39)43-18-13-19-44(36-43)45-32-35-54-52(37-45)47-20-11-12-25-53(47)57(54)46-33-30-42(31-34-46)56-50-23-9-7-21-48(50)55(41-16-5-2-6-17-41)49-22-8-10-24-51(49)56/h1-37H. The fourth-order valence-electron chi connectivity index (χ4n) is 8.93. The van der Waals surface area contributed by atoms with Crippen LogP contribution in [0.15, 0.2) is 224 Å². The Hall–Kier alpha value is -7.48. The van der Waals surface area contributed by atoms with Crippen molar-refractivity contribution < 1.29 is 0 Å². The van der Waals surface area contributed by atoms with Gasteiger partial charge in [0.1, 0.15) is 0 Å². The first kappa shape index (κ1) is 32.9. The number of aromatic nitrogens is 1. The van der Waals surface area contributed by atoms with Gasteiger partial charge in [0.2, 0.25) is 0 Å². The van der Waals surface area contributed by atoms with Gasteiger partial charge in [-0.05, 0) is 114 Å². The van der Waals surface area contributed by atoms with Gasteiger partial charge in [-0.25, -0.2) is 0 Å². The molecule has 57 heavy (non-hydrogen) atoms. The number of fused-ring (bicyclic) bond motifs is 5. The summed E-state index contributed by atoms with van der Waals surface area (Å²) in [6.45, 7) is 0. The summed E-state index contributed by atoms with van der Waals surface area (Å²) in [5.74, 6) is 0. The number of nitrogens with zero attached hydrogens (tertiary/aromatic N) is 1. The fourth-order valence-corrected chi connectivity index (χ4v) is 8.93. The van der Waals surface area contributed by atoms with Crippen molar-refractivity contribution in [2.24, 2.45) is 0 Å². The summed E-state index contributed by atoms with van der Waals surface area (Å²) in [5.41, 5.74) is 15.9. The number of benzene rings is 10. The number of rotatable bonds is 6. The smallest absolute Gasteiger partial charge is 0.0541 e. The summed E-state index contributed by atoms with van der Waals surface area (Å²) in [4.78, 5) is 0. The number of hydrogen-bond donors (Lipinski definition) is 0. The highest BCUT2D eigenvalue weighted by Crippen LogP contribution is 2.44. The molecule has 0 unspecified atom stereocenters. The molecule has 1 aromatic heterocycles. The lowest BCUT2D eigenvalue weighted by Crippen LogP contribution is -1.94. The van der Waals surface area contributed by atoms with Gasteiger partial charge in [0, 0.05) is 16.5 Å². The molecule has 0 N–H and O–H groups in total. The summed E-state index contributed by atoms with van der Waals surface area (Å²) < 4.78 is 2.41. The highest BCUT2D eigenvalue weighted by Gasteiger charge is 2.18. The average Bonchev–Trinajstić information content (AvgIpc) is 3.62. The van der Waals surface area contributed by atoms with Gasteiger partial charge in [0.05, 0.1) is 11.0 Å². The van der Waals surface area contributed by atoms with Crippen LogP contribution >= 0.6 is 0 Å². The van der Waals surface area contributed by atoms with Crippen LogP contribution in [0.2, 0.25) is 0 Å². The SMILES string of the molecule is c1ccc(-c2ccc(-c3cccc(-c4ccc5c(c4)c4ccccc4n5-c4ccc(-c5c6ccccc6c(-c6ccccc6)c6ccccc56)cc4)c3)cc2)cc1. The van der Waals surface area contributed by atoms with Gasteiger partial charge >= 0.3 is 0 Å². The van der Waals surface area contributed by atoms with E-state index in [0.29, 0.717) is 0 Å². The Morgan fingerprint density at radius 3 is 1.18 bits per heavy atom. The van der Waals surface area contributed by atoms with Crippen molar-refractivity contribution in [3.8, 4) is 61.3 Å². The average molecular weight is 724 g/mol. The zero-order chi connectivity index (χ0) is 37.7. The number of hydrogen-bond acceptors (Lipinski definition) is 0. The quantitative estimate of drug-likeness (QED) is 0.151. The van der Waals surface area contributed by atoms with Crippen molar-refractivity contribution in [3.63, 3.8) is 0 Å². The van der Waals surface area contributed by atoms with Crippen molar-refractivity contribution in [2.75, 3.05) is 0 Å².